The van der Waals surface area contributed by atoms with Gasteiger partial charge in [-0.1, -0.05) is 17.7 Å². The number of halogens is 1. The molecule has 4 nitrogen and oxygen atoms in total. The molecule has 1 aromatic rings. The van der Waals surface area contributed by atoms with Gasteiger partial charge in [-0.05, 0) is 98.8 Å². The molecule has 4 fully saturated rings. The van der Waals surface area contributed by atoms with E-state index in [1.807, 2.05) is 18.2 Å². The van der Waals surface area contributed by atoms with E-state index in [0.717, 1.165) is 49.2 Å². The predicted molar refractivity (Wildman–Crippen MR) is 113 cm³/mol. The van der Waals surface area contributed by atoms with Gasteiger partial charge in [0.2, 0.25) is 0 Å². The number of aliphatic hydroxyl groups is 1. The molecule has 0 spiro atoms. The van der Waals surface area contributed by atoms with Gasteiger partial charge < -0.3 is 15.7 Å². The zero-order chi connectivity index (χ0) is 19.6. The van der Waals surface area contributed by atoms with Gasteiger partial charge in [-0.3, -0.25) is 4.79 Å². The van der Waals surface area contributed by atoms with E-state index in [1.54, 1.807) is 0 Å². The van der Waals surface area contributed by atoms with Crippen molar-refractivity contribution in [3.8, 4) is 0 Å². The Labute approximate surface area is 173 Å². The molecule has 3 N–H and O–H groups in total. The maximum Gasteiger partial charge on any atom is 0.252 e. The Balaban J connectivity index is 1.33. The molecule has 28 heavy (non-hydrogen) atoms. The van der Waals surface area contributed by atoms with Crippen LogP contribution < -0.4 is 10.6 Å². The zero-order valence-corrected chi connectivity index (χ0v) is 17.4. The number of amides is 1. The molecule has 0 heterocycles. The summed E-state index contributed by atoms with van der Waals surface area (Å²) in [6, 6.07) is 5.80. The number of aryl methyl sites for hydroxylation is 1. The molecule has 5 rings (SSSR count). The number of nitrogens with one attached hydrogen (secondary N) is 2. The SMILES string of the molecule is O=C(NCC12CC3CC(CC(C3)C1)C2)c1cc(CCCNCCO)ccc1Cl. The zero-order valence-electron chi connectivity index (χ0n) is 16.7. The molecule has 4 saturated carbocycles. The van der Waals surface area contributed by atoms with E-state index in [0.29, 0.717) is 22.5 Å². The third-order valence-corrected chi connectivity index (χ3v) is 7.50. The van der Waals surface area contributed by atoms with Crippen LogP contribution in [-0.2, 0) is 6.42 Å². The Kier molecular flexibility index (Phi) is 6.29. The molecule has 0 radical (unpaired) electrons. The van der Waals surface area contributed by atoms with Crippen LogP contribution in [0, 0.1) is 23.2 Å². The van der Waals surface area contributed by atoms with Crippen molar-refractivity contribution in [3.05, 3.63) is 34.3 Å². The Morgan fingerprint density at radius 1 is 1.11 bits per heavy atom. The van der Waals surface area contributed by atoms with Crippen molar-refractivity contribution in [2.45, 2.75) is 51.4 Å². The lowest BCUT2D eigenvalue weighted by atomic mass is 9.49. The minimum absolute atomic E-state index is 0.0269. The summed E-state index contributed by atoms with van der Waals surface area (Å²) < 4.78 is 0. The molecule has 5 heteroatoms. The largest absolute Gasteiger partial charge is 0.395 e. The monoisotopic (exact) mass is 404 g/mol. The number of carbonyl (C=O) groups is 1. The molecular formula is C23H33ClN2O2. The van der Waals surface area contributed by atoms with Gasteiger partial charge in [0.1, 0.15) is 0 Å². The van der Waals surface area contributed by atoms with Crippen molar-refractivity contribution >= 4 is 17.5 Å². The number of benzene rings is 1. The molecule has 0 aliphatic heterocycles. The van der Waals surface area contributed by atoms with E-state index >= 15 is 0 Å². The number of rotatable bonds is 9. The van der Waals surface area contributed by atoms with E-state index in [4.69, 9.17) is 16.7 Å². The summed E-state index contributed by atoms with van der Waals surface area (Å²) in [6.45, 7) is 2.45. The average Bonchev–Trinajstić information content (AvgIpc) is 2.66. The van der Waals surface area contributed by atoms with E-state index in [-0.39, 0.29) is 12.5 Å². The van der Waals surface area contributed by atoms with E-state index in [2.05, 4.69) is 10.6 Å². The topological polar surface area (TPSA) is 61.4 Å². The van der Waals surface area contributed by atoms with Crippen molar-refractivity contribution in [2.75, 3.05) is 26.2 Å². The molecule has 0 saturated heterocycles. The van der Waals surface area contributed by atoms with Gasteiger partial charge in [0.25, 0.3) is 5.91 Å². The Bertz CT molecular complexity index is 671. The molecule has 4 bridgehead atoms. The molecule has 1 aromatic carbocycles. The summed E-state index contributed by atoms with van der Waals surface area (Å²) in [6.07, 6.45) is 10.0. The first kappa shape index (κ1) is 20.2. The van der Waals surface area contributed by atoms with E-state index in [1.165, 1.54) is 38.5 Å². The Morgan fingerprint density at radius 2 is 1.79 bits per heavy atom. The summed E-state index contributed by atoms with van der Waals surface area (Å²) in [5.74, 6) is 2.67. The van der Waals surface area contributed by atoms with Crippen LogP contribution in [0.5, 0.6) is 0 Å². The molecule has 0 aromatic heterocycles. The number of hydrogen-bond donors (Lipinski definition) is 3. The quantitative estimate of drug-likeness (QED) is 0.548. The third kappa shape index (κ3) is 4.55. The summed E-state index contributed by atoms with van der Waals surface area (Å²) >= 11 is 6.35. The first-order chi connectivity index (χ1) is 13.6. The van der Waals surface area contributed by atoms with E-state index in [9.17, 15) is 4.79 Å². The van der Waals surface area contributed by atoms with Gasteiger partial charge in [0.05, 0.1) is 17.2 Å². The highest BCUT2D eigenvalue weighted by Gasteiger charge is 2.50. The van der Waals surface area contributed by atoms with Gasteiger partial charge in [-0.25, -0.2) is 0 Å². The van der Waals surface area contributed by atoms with Gasteiger partial charge in [0, 0.05) is 13.1 Å². The lowest BCUT2D eigenvalue weighted by molar-refractivity contribution is -0.0503. The van der Waals surface area contributed by atoms with Crippen LogP contribution in [0.15, 0.2) is 18.2 Å². The van der Waals surface area contributed by atoms with Crippen LogP contribution in [0.2, 0.25) is 5.02 Å². The van der Waals surface area contributed by atoms with Crippen LogP contribution in [0.4, 0.5) is 0 Å². The normalized spacial score (nSPS) is 30.6. The van der Waals surface area contributed by atoms with Gasteiger partial charge in [-0.15, -0.1) is 0 Å². The Hall–Kier alpha value is -1.10. The standard InChI is InChI=1S/C23H33ClN2O2/c24-21-4-3-16(2-1-5-25-6-7-27)11-20(21)22(28)26-15-23-12-17-8-18(13-23)10-19(9-17)14-23/h3-4,11,17-19,25,27H,1-2,5-10,12-15H2,(H,26,28). The van der Waals surface area contributed by atoms with Crippen molar-refractivity contribution in [1.29, 1.82) is 0 Å². The molecule has 1 amide bonds. The highest BCUT2D eigenvalue weighted by Crippen LogP contribution is 2.59. The lowest BCUT2D eigenvalue weighted by Gasteiger charge is -2.56. The second-order valence-corrected chi connectivity index (χ2v) is 9.90. The number of aliphatic hydroxyl groups excluding tert-OH is 1. The van der Waals surface area contributed by atoms with Crippen molar-refractivity contribution in [3.63, 3.8) is 0 Å². The smallest absolute Gasteiger partial charge is 0.252 e. The Morgan fingerprint density at radius 3 is 2.43 bits per heavy atom. The van der Waals surface area contributed by atoms with E-state index < -0.39 is 0 Å². The highest BCUT2D eigenvalue weighted by atomic mass is 35.5. The van der Waals surface area contributed by atoms with Crippen LogP contribution in [0.3, 0.4) is 0 Å². The minimum Gasteiger partial charge on any atom is -0.395 e. The molecule has 0 unspecified atom stereocenters. The average molecular weight is 405 g/mol. The molecule has 4 aliphatic rings. The summed E-state index contributed by atoms with van der Waals surface area (Å²) in [4.78, 5) is 12.9. The second-order valence-electron chi connectivity index (χ2n) is 9.49. The lowest BCUT2D eigenvalue weighted by Crippen LogP contribution is -2.51. The fourth-order valence-electron chi connectivity index (χ4n) is 6.39. The third-order valence-electron chi connectivity index (χ3n) is 7.17. The van der Waals surface area contributed by atoms with Crippen LogP contribution in [0.1, 0.15) is 60.9 Å². The summed E-state index contributed by atoms with van der Waals surface area (Å²) in [7, 11) is 0. The fraction of sp³-hybridized carbons (Fsp3) is 0.696. The van der Waals surface area contributed by atoms with Gasteiger partial charge >= 0.3 is 0 Å². The minimum atomic E-state index is -0.0269. The van der Waals surface area contributed by atoms with Crippen molar-refractivity contribution in [1.82, 2.24) is 10.6 Å². The molecular weight excluding hydrogens is 372 g/mol. The molecule has 0 atom stereocenters. The first-order valence-electron chi connectivity index (χ1n) is 11.0. The molecule has 4 aliphatic carbocycles. The van der Waals surface area contributed by atoms with Crippen LogP contribution in [-0.4, -0.2) is 37.3 Å². The fourth-order valence-corrected chi connectivity index (χ4v) is 6.60. The van der Waals surface area contributed by atoms with Crippen LogP contribution >= 0.6 is 11.6 Å². The van der Waals surface area contributed by atoms with Crippen LogP contribution in [0.25, 0.3) is 0 Å². The highest BCUT2D eigenvalue weighted by molar-refractivity contribution is 6.33. The number of carbonyl (C=O) groups excluding carboxylic acids is 1. The first-order valence-corrected chi connectivity index (χ1v) is 11.3. The van der Waals surface area contributed by atoms with Gasteiger partial charge in [-0.2, -0.15) is 0 Å². The maximum absolute atomic E-state index is 12.9. The second kappa shape index (κ2) is 8.73. The summed E-state index contributed by atoms with van der Waals surface area (Å²) in [5, 5.41) is 15.8. The van der Waals surface area contributed by atoms with Crippen molar-refractivity contribution < 1.29 is 9.90 Å². The molecule has 154 valence electrons. The van der Waals surface area contributed by atoms with Gasteiger partial charge in [0.15, 0.2) is 0 Å². The van der Waals surface area contributed by atoms with Crippen molar-refractivity contribution in [2.24, 2.45) is 23.2 Å². The number of hydrogen-bond acceptors (Lipinski definition) is 3. The predicted octanol–water partition coefficient (Wildman–Crippen LogP) is 3.80. The maximum atomic E-state index is 12.9. The summed E-state index contributed by atoms with van der Waals surface area (Å²) in [5.41, 5.74) is 2.08.